The number of nitrogens with one attached hydrogen (secondary N) is 1. The maximum Gasteiger partial charge on any atom is 0.316 e. The van der Waals surface area contributed by atoms with Gasteiger partial charge in [-0.15, -0.1) is 6.58 Å². The molecule has 1 aromatic rings. The van der Waals surface area contributed by atoms with Crippen LogP contribution in [0.1, 0.15) is 13.8 Å². The highest BCUT2D eigenvalue weighted by Gasteiger charge is 2.43. The number of aliphatic hydroxyl groups is 1. The Morgan fingerprint density at radius 3 is 2.55 bits per heavy atom. The first-order chi connectivity index (χ1) is 9.43. The van der Waals surface area contributed by atoms with Gasteiger partial charge in [-0.2, -0.15) is 0 Å². The van der Waals surface area contributed by atoms with E-state index in [0.29, 0.717) is 5.69 Å². The Kier molecular flexibility index (Phi) is 5.46. The van der Waals surface area contributed by atoms with Crippen molar-refractivity contribution in [1.82, 2.24) is 0 Å². The topological polar surface area (TPSA) is 75.6 Å². The molecule has 1 amide bonds. The molecule has 20 heavy (non-hydrogen) atoms. The van der Waals surface area contributed by atoms with Crippen LogP contribution in [-0.2, 0) is 14.3 Å². The average molecular weight is 277 g/mol. The molecule has 1 aromatic carbocycles. The standard InChI is InChI=1S/C15H19NO4/c1-4-12(13(17)20-5-2)15(3,19)14(18)16-11-9-7-6-8-10-11/h4,6-10,12,19H,1,5H2,2-3H3,(H,16,18)/t12-,15-/m1/s1. The molecule has 0 heterocycles. The van der Waals surface area contributed by atoms with Crippen LogP contribution in [0.15, 0.2) is 43.0 Å². The summed E-state index contributed by atoms with van der Waals surface area (Å²) in [5.41, 5.74) is -1.41. The van der Waals surface area contributed by atoms with Crippen molar-refractivity contribution in [3.63, 3.8) is 0 Å². The van der Waals surface area contributed by atoms with Gasteiger partial charge in [0.25, 0.3) is 5.91 Å². The van der Waals surface area contributed by atoms with Crippen LogP contribution >= 0.6 is 0 Å². The second-order valence-electron chi connectivity index (χ2n) is 4.43. The van der Waals surface area contributed by atoms with Crippen LogP contribution in [-0.4, -0.2) is 29.2 Å². The molecule has 0 spiro atoms. The Labute approximate surface area is 118 Å². The van der Waals surface area contributed by atoms with Crippen LogP contribution in [0.25, 0.3) is 0 Å². The summed E-state index contributed by atoms with van der Waals surface area (Å²) in [5.74, 6) is -2.51. The molecule has 0 radical (unpaired) electrons. The van der Waals surface area contributed by atoms with E-state index in [-0.39, 0.29) is 6.61 Å². The fraction of sp³-hybridized carbons (Fsp3) is 0.333. The third-order valence-electron chi connectivity index (χ3n) is 2.87. The highest BCUT2D eigenvalue weighted by atomic mass is 16.5. The van der Waals surface area contributed by atoms with Crippen LogP contribution in [0.3, 0.4) is 0 Å². The first-order valence-electron chi connectivity index (χ1n) is 6.31. The molecular weight excluding hydrogens is 258 g/mol. The zero-order valence-corrected chi connectivity index (χ0v) is 11.6. The number of esters is 1. The van der Waals surface area contributed by atoms with E-state index in [9.17, 15) is 14.7 Å². The van der Waals surface area contributed by atoms with Gasteiger partial charge in [0, 0.05) is 5.69 Å². The largest absolute Gasteiger partial charge is 0.465 e. The van der Waals surface area contributed by atoms with Gasteiger partial charge in [-0.25, -0.2) is 0 Å². The number of ether oxygens (including phenoxy) is 1. The van der Waals surface area contributed by atoms with Crippen LogP contribution in [0.4, 0.5) is 5.69 Å². The van der Waals surface area contributed by atoms with Crippen LogP contribution in [0, 0.1) is 5.92 Å². The number of anilines is 1. The van der Waals surface area contributed by atoms with E-state index in [2.05, 4.69) is 11.9 Å². The Balaban J connectivity index is 2.87. The smallest absolute Gasteiger partial charge is 0.316 e. The third-order valence-corrected chi connectivity index (χ3v) is 2.87. The van der Waals surface area contributed by atoms with Crippen molar-refractivity contribution in [2.45, 2.75) is 19.4 Å². The van der Waals surface area contributed by atoms with Gasteiger partial charge in [-0.1, -0.05) is 24.3 Å². The predicted octanol–water partition coefficient (Wildman–Crippen LogP) is 1.74. The van der Waals surface area contributed by atoms with E-state index in [1.54, 1.807) is 37.3 Å². The van der Waals surface area contributed by atoms with E-state index >= 15 is 0 Å². The minimum Gasteiger partial charge on any atom is -0.465 e. The number of carbonyl (C=O) groups is 2. The lowest BCUT2D eigenvalue weighted by Gasteiger charge is -2.27. The van der Waals surface area contributed by atoms with E-state index in [1.807, 2.05) is 0 Å². The quantitative estimate of drug-likeness (QED) is 0.613. The van der Waals surface area contributed by atoms with Crippen LogP contribution in [0.2, 0.25) is 0 Å². The molecule has 108 valence electrons. The highest BCUT2D eigenvalue weighted by Crippen LogP contribution is 2.22. The normalized spacial score (nSPS) is 14.8. The number of carbonyl (C=O) groups excluding carboxylic acids is 2. The third kappa shape index (κ3) is 3.68. The molecule has 2 atom stereocenters. The van der Waals surface area contributed by atoms with Crippen molar-refractivity contribution in [2.24, 2.45) is 5.92 Å². The van der Waals surface area contributed by atoms with Crippen LogP contribution < -0.4 is 5.32 Å². The molecule has 0 bridgehead atoms. The SMILES string of the molecule is C=C[C@H](C(=O)OCC)[C@@](C)(O)C(=O)Nc1ccccc1. The fourth-order valence-electron chi connectivity index (χ4n) is 1.71. The van der Waals surface area contributed by atoms with Crippen molar-refractivity contribution < 1.29 is 19.4 Å². The molecule has 0 unspecified atom stereocenters. The van der Waals surface area contributed by atoms with Gasteiger partial charge in [0.05, 0.1) is 6.61 Å². The Bertz CT molecular complexity index is 482. The monoisotopic (exact) mass is 277 g/mol. The lowest BCUT2D eigenvalue weighted by molar-refractivity contribution is -0.159. The van der Waals surface area contributed by atoms with Crippen molar-refractivity contribution in [1.29, 1.82) is 0 Å². The average Bonchev–Trinajstić information content (AvgIpc) is 2.40. The summed E-state index contributed by atoms with van der Waals surface area (Å²) < 4.78 is 4.83. The molecule has 0 aliphatic heterocycles. The number of benzene rings is 1. The van der Waals surface area contributed by atoms with Gasteiger partial charge in [-0.05, 0) is 26.0 Å². The molecule has 2 N–H and O–H groups in total. The Hall–Kier alpha value is -2.14. The molecule has 5 nitrogen and oxygen atoms in total. The summed E-state index contributed by atoms with van der Waals surface area (Å²) in [7, 11) is 0. The van der Waals surface area contributed by atoms with Crippen molar-refractivity contribution in [3.05, 3.63) is 43.0 Å². The van der Waals surface area contributed by atoms with Gasteiger partial charge in [-0.3, -0.25) is 9.59 Å². The Morgan fingerprint density at radius 2 is 2.05 bits per heavy atom. The molecule has 0 aliphatic carbocycles. The number of para-hydroxylation sites is 1. The number of hydrogen-bond donors (Lipinski definition) is 2. The van der Waals surface area contributed by atoms with Gasteiger partial charge < -0.3 is 15.2 Å². The zero-order chi connectivity index (χ0) is 15.2. The zero-order valence-electron chi connectivity index (χ0n) is 11.6. The predicted molar refractivity (Wildman–Crippen MR) is 76.0 cm³/mol. The summed E-state index contributed by atoms with van der Waals surface area (Å²) in [4.78, 5) is 23.9. The van der Waals surface area contributed by atoms with Crippen molar-refractivity contribution >= 4 is 17.6 Å². The molecule has 0 saturated carbocycles. The minimum atomic E-state index is -1.94. The van der Waals surface area contributed by atoms with Gasteiger partial charge >= 0.3 is 5.97 Å². The lowest BCUT2D eigenvalue weighted by Crippen LogP contribution is -2.49. The highest BCUT2D eigenvalue weighted by molar-refractivity contribution is 6.00. The van der Waals surface area contributed by atoms with Crippen molar-refractivity contribution in [3.8, 4) is 0 Å². The maximum absolute atomic E-state index is 12.1. The second-order valence-corrected chi connectivity index (χ2v) is 4.43. The number of rotatable bonds is 6. The summed E-state index contributed by atoms with van der Waals surface area (Å²) in [6.45, 7) is 6.55. The molecule has 0 aromatic heterocycles. The summed E-state index contributed by atoms with van der Waals surface area (Å²) in [6.07, 6.45) is 1.21. The van der Waals surface area contributed by atoms with Gasteiger partial charge in [0.1, 0.15) is 5.92 Å². The number of amides is 1. The van der Waals surface area contributed by atoms with Crippen LogP contribution in [0.5, 0.6) is 0 Å². The maximum atomic E-state index is 12.1. The second kappa shape index (κ2) is 6.86. The molecule has 0 aliphatic rings. The van der Waals surface area contributed by atoms with Gasteiger partial charge in [0.2, 0.25) is 0 Å². The minimum absolute atomic E-state index is 0.166. The molecule has 0 fully saturated rings. The molecular formula is C15H19NO4. The fourth-order valence-corrected chi connectivity index (χ4v) is 1.71. The van der Waals surface area contributed by atoms with E-state index in [1.165, 1.54) is 13.0 Å². The van der Waals surface area contributed by atoms with Gasteiger partial charge in [0.15, 0.2) is 5.60 Å². The molecule has 1 rings (SSSR count). The summed E-state index contributed by atoms with van der Waals surface area (Å²) in [6, 6.07) is 8.67. The molecule has 0 saturated heterocycles. The molecule has 5 heteroatoms. The first kappa shape index (κ1) is 15.9. The van der Waals surface area contributed by atoms with E-state index in [0.717, 1.165) is 0 Å². The summed E-state index contributed by atoms with van der Waals surface area (Å²) >= 11 is 0. The number of hydrogen-bond acceptors (Lipinski definition) is 4. The first-order valence-corrected chi connectivity index (χ1v) is 6.31. The van der Waals surface area contributed by atoms with E-state index < -0.39 is 23.4 Å². The lowest BCUT2D eigenvalue weighted by atomic mass is 9.88. The summed E-state index contributed by atoms with van der Waals surface area (Å²) in [5, 5.41) is 12.9. The van der Waals surface area contributed by atoms with E-state index in [4.69, 9.17) is 4.74 Å². The Morgan fingerprint density at radius 1 is 1.45 bits per heavy atom. The van der Waals surface area contributed by atoms with Crippen molar-refractivity contribution in [2.75, 3.05) is 11.9 Å².